The predicted molar refractivity (Wildman–Crippen MR) is 64.8 cm³/mol. The Morgan fingerprint density at radius 1 is 1.59 bits per heavy atom. The van der Waals surface area contributed by atoms with Crippen LogP contribution < -0.4 is 0 Å². The van der Waals surface area contributed by atoms with Crippen molar-refractivity contribution in [2.24, 2.45) is 5.92 Å². The van der Waals surface area contributed by atoms with Crippen molar-refractivity contribution in [2.45, 2.75) is 26.8 Å². The van der Waals surface area contributed by atoms with Crippen LogP contribution in [0.1, 0.15) is 24.7 Å². The van der Waals surface area contributed by atoms with Gasteiger partial charge in [0.15, 0.2) is 0 Å². The molecule has 0 aliphatic carbocycles. The minimum Gasteiger partial charge on any atom is -0.339 e. The molecule has 1 rings (SSSR count). The van der Waals surface area contributed by atoms with Gasteiger partial charge < -0.3 is 4.90 Å². The number of aromatic nitrogens is 1. The molecule has 0 aromatic carbocycles. The largest absolute Gasteiger partial charge is 0.339 e. The van der Waals surface area contributed by atoms with Gasteiger partial charge in [-0.05, 0) is 25.5 Å². The van der Waals surface area contributed by atoms with Gasteiger partial charge in [0.2, 0.25) is 5.91 Å². The van der Waals surface area contributed by atoms with E-state index < -0.39 is 5.92 Å². The Kier molecular flexibility index (Phi) is 4.65. The lowest BCUT2D eigenvalue weighted by molar-refractivity contribution is -0.133. The van der Waals surface area contributed by atoms with Crippen molar-refractivity contribution < 1.29 is 4.79 Å². The zero-order valence-electron chi connectivity index (χ0n) is 10.5. The first-order valence-electron chi connectivity index (χ1n) is 5.65. The van der Waals surface area contributed by atoms with E-state index in [2.05, 4.69) is 4.98 Å². The molecule has 0 saturated carbocycles. The first-order valence-corrected chi connectivity index (χ1v) is 5.65. The van der Waals surface area contributed by atoms with Gasteiger partial charge in [-0.25, -0.2) is 0 Å². The van der Waals surface area contributed by atoms with E-state index in [1.165, 1.54) is 0 Å². The highest BCUT2D eigenvalue weighted by Gasteiger charge is 2.19. The van der Waals surface area contributed by atoms with Crippen molar-refractivity contribution >= 4 is 5.91 Å². The first kappa shape index (κ1) is 13.2. The van der Waals surface area contributed by atoms with Crippen molar-refractivity contribution in [1.29, 1.82) is 5.26 Å². The van der Waals surface area contributed by atoms with Crippen LogP contribution >= 0.6 is 0 Å². The Morgan fingerprint density at radius 3 is 2.82 bits per heavy atom. The van der Waals surface area contributed by atoms with Crippen LogP contribution in [0.2, 0.25) is 0 Å². The van der Waals surface area contributed by atoms with Crippen molar-refractivity contribution in [2.75, 3.05) is 7.05 Å². The molecule has 1 atom stereocenters. The van der Waals surface area contributed by atoms with E-state index in [9.17, 15) is 4.79 Å². The van der Waals surface area contributed by atoms with E-state index in [4.69, 9.17) is 5.26 Å². The van der Waals surface area contributed by atoms with Crippen LogP contribution in [-0.4, -0.2) is 22.8 Å². The van der Waals surface area contributed by atoms with Crippen LogP contribution in [0, 0.1) is 24.2 Å². The smallest absolute Gasteiger partial charge is 0.240 e. The Morgan fingerprint density at radius 2 is 2.29 bits per heavy atom. The number of rotatable bonds is 4. The molecule has 4 heteroatoms. The fourth-order valence-corrected chi connectivity index (χ4v) is 1.60. The molecule has 1 aromatic rings. The Balaban J connectivity index is 2.70. The highest BCUT2D eigenvalue weighted by molar-refractivity contribution is 5.80. The van der Waals surface area contributed by atoms with Crippen molar-refractivity contribution in [1.82, 2.24) is 9.88 Å². The minimum absolute atomic E-state index is 0.140. The predicted octanol–water partition coefficient (Wildman–Crippen LogP) is 1.90. The standard InChI is InChI=1S/C13H17N3O/c1-4-11(8-14)13(17)16(3)9-12-7-5-6-10(2)15-12/h5-7,11H,4,9H2,1-3H3. The molecular weight excluding hydrogens is 214 g/mol. The third-order valence-corrected chi connectivity index (χ3v) is 2.58. The summed E-state index contributed by atoms with van der Waals surface area (Å²) in [6, 6.07) is 7.72. The second-order valence-corrected chi connectivity index (χ2v) is 4.05. The summed E-state index contributed by atoms with van der Waals surface area (Å²) in [7, 11) is 1.70. The van der Waals surface area contributed by atoms with E-state index in [1.54, 1.807) is 11.9 Å². The average molecular weight is 231 g/mol. The molecule has 0 fully saturated rings. The van der Waals surface area contributed by atoms with Crippen LogP contribution in [0.5, 0.6) is 0 Å². The Bertz CT molecular complexity index is 437. The average Bonchev–Trinajstić information content (AvgIpc) is 2.30. The van der Waals surface area contributed by atoms with Gasteiger partial charge in [0, 0.05) is 12.7 Å². The number of nitrogens with zero attached hydrogens (tertiary/aromatic N) is 3. The van der Waals surface area contributed by atoms with Gasteiger partial charge in [-0.15, -0.1) is 0 Å². The monoisotopic (exact) mass is 231 g/mol. The maximum Gasteiger partial charge on any atom is 0.240 e. The molecule has 4 nitrogen and oxygen atoms in total. The van der Waals surface area contributed by atoms with Crippen LogP contribution in [-0.2, 0) is 11.3 Å². The summed E-state index contributed by atoms with van der Waals surface area (Å²) in [4.78, 5) is 17.8. The highest BCUT2D eigenvalue weighted by Crippen LogP contribution is 2.08. The molecule has 0 aliphatic rings. The van der Waals surface area contributed by atoms with Crippen molar-refractivity contribution in [3.05, 3.63) is 29.6 Å². The van der Waals surface area contributed by atoms with Crippen LogP contribution in [0.3, 0.4) is 0 Å². The highest BCUT2D eigenvalue weighted by atomic mass is 16.2. The summed E-state index contributed by atoms with van der Waals surface area (Å²) in [5.41, 5.74) is 1.77. The number of aryl methyl sites for hydroxylation is 1. The van der Waals surface area contributed by atoms with Crippen LogP contribution in [0.25, 0.3) is 0 Å². The van der Waals surface area contributed by atoms with Crippen molar-refractivity contribution in [3.8, 4) is 6.07 Å². The fourth-order valence-electron chi connectivity index (χ4n) is 1.60. The fraction of sp³-hybridized carbons (Fsp3) is 0.462. The summed E-state index contributed by atoms with van der Waals surface area (Å²) < 4.78 is 0. The molecule has 1 aromatic heterocycles. The van der Waals surface area contributed by atoms with E-state index >= 15 is 0 Å². The number of nitriles is 1. The molecule has 0 spiro atoms. The summed E-state index contributed by atoms with van der Waals surface area (Å²) in [6.45, 7) is 4.19. The second-order valence-electron chi connectivity index (χ2n) is 4.05. The van der Waals surface area contributed by atoms with E-state index in [1.807, 2.05) is 38.1 Å². The van der Waals surface area contributed by atoms with Gasteiger partial charge in [-0.1, -0.05) is 13.0 Å². The minimum atomic E-state index is -0.551. The number of hydrogen-bond acceptors (Lipinski definition) is 3. The van der Waals surface area contributed by atoms with Crippen molar-refractivity contribution in [3.63, 3.8) is 0 Å². The second kappa shape index (κ2) is 6.00. The molecule has 1 unspecified atom stereocenters. The van der Waals surface area contributed by atoms with Gasteiger partial charge in [0.25, 0.3) is 0 Å². The number of pyridine rings is 1. The lowest BCUT2D eigenvalue weighted by Gasteiger charge is -2.19. The normalized spacial score (nSPS) is 11.6. The SMILES string of the molecule is CCC(C#N)C(=O)N(C)Cc1cccc(C)n1. The number of carbonyl (C=O) groups excluding carboxylic acids is 1. The molecule has 0 bridgehead atoms. The maximum absolute atomic E-state index is 11.9. The Hall–Kier alpha value is -1.89. The topological polar surface area (TPSA) is 57.0 Å². The molecule has 1 heterocycles. The zero-order valence-corrected chi connectivity index (χ0v) is 10.5. The van der Waals surface area contributed by atoms with Gasteiger partial charge in [-0.3, -0.25) is 9.78 Å². The van der Waals surface area contributed by atoms with E-state index in [-0.39, 0.29) is 5.91 Å². The molecular formula is C13H17N3O. The van der Waals surface area contributed by atoms with Gasteiger partial charge in [0.05, 0.1) is 18.3 Å². The van der Waals surface area contributed by atoms with Gasteiger partial charge >= 0.3 is 0 Å². The molecule has 0 saturated heterocycles. The summed E-state index contributed by atoms with van der Waals surface area (Å²) >= 11 is 0. The van der Waals surface area contributed by atoms with E-state index in [0.29, 0.717) is 13.0 Å². The maximum atomic E-state index is 11.9. The Labute approximate surface area is 102 Å². The molecule has 0 radical (unpaired) electrons. The molecule has 1 amide bonds. The third kappa shape index (κ3) is 3.56. The molecule has 0 aliphatic heterocycles. The summed E-state index contributed by atoms with van der Waals surface area (Å²) in [6.07, 6.45) is 0.543. The lowest BCUT2D eigenvalue weighted by Crippen LogP contribution is -2.31. The summed E-state index contributed by atoms with van der Waals surface area (Å²) in [5.74, 6) is -0.692. The first-order chi connectivity index (χ1) is 8.08. The lowest BCUT2D eigenvalue weighted by atomic mass is 10.1. The molecule has 90 valence electrons. The summed E-state index contributed by atoms with van der Waals surface area (Å²) in [5, 5.41) is 8.84. The molecule has 0 N–H and O–H groups in total. The van der Waals surface area contributed by atoms with Crippen LogP contribution in [0.15, 0.2) is 18.2 Å². The third-order valence-electron chi connectivity index (χ3n) is 2.58. The van der Waals surface area contributed by atoms with E-state index in [0.717, 1.165) is 11.4 Å². The van der Waals surface area contributed by atoms with Gasteiger partial charge in [0.1, 0.15) is 5.92 Å². The number of amides is 1. The quantitative estimate of drug-likeness (QED) is 0.795. The zero-order chi connectivity index (χ0) is 12.8. The number of hydrogen-bond donors (Lipinski definition) is 0. The van der Waals surface area contributed by atoms with Gasteiger partial charge in [-0.2, -0.15) is 5.26 Å². The number of carbonyl (C=O) groups is 1. The molecule has 17 heavy (non-hydrogen) atoms. The van der Waals surface area contributed by atoms with Crippen LogP contribution in [0.4, 0.5) is 0 Å².